The average Bonchev–Trinajstić information content (AvgIpc) is 2.03. The van der Waals surface area contributed by atoms with Gasteiger partial charge in [-0.3, -0.25) is 0 Å². The van der Waals surface area contributed by atoms with E-state index in [2.05, 4.69) is 0 Å². The molecule has 3 heteroatoms. The van der Waals surface area contributed by atoms with Gasteiger partial charge in [-0.05, 0) is 12.3 Å². The molecular weight excluding hydrogens is 162 g/mol. The summed E-state index contributed by atoms with van der Waals surface area (Å²) >= 11 is 0. The van der Waals surface area contributed by atoms with Crippen LogP contribution in [0.25, 0.3) is 0 Å². The van der Waals surface area contributed by atoms with Gasteiger partial charge in [0.05, 0.1) is 6.10 Å². The first kappa shape index (κ1) is 9.90. The molecule has 1 fully saturated rings. The fourth-order valence-corrected chi connectivity index (χ4v) is 1.97. The van der Waals surface area contributed by atoms with Crippen LogP contribution in [0.3, 0.4) is 0 Å². The van der Waals surface area contributed by atoms with Crippen LogP contribution in [0.4, 0.5) is 8.78 Å². The summed E-state index contributed by atoms with van der Waals surface area (Å²) in [6, 6.07) is 0. The summed E-state index contributed by atoms with van der Waals surface area (Å²) in [5, 5.41) is 0. The fraction of sp³-hybridized carbons (Fsp3) is 1.00. The van der Waals surface area contributed by atoms with E-state index in [9.17, 15) is 8.78 Å². The second-order valence-electron chi connectivity index (χ2n) is 3.45. The summed E-state index contributed by atoms with van der Waals surface area (Å²) < 4.78 is 31.1. The molecular formula is C9H16F2O. The van der Waals surface area contributed by atoms with E-state index in [1.165, 1.54) is 7.11 Å². The van der Waals surface area contributed by atoms with Crippen molar-refractivity contribution in [1.29, 1.82) is 0 Å². The van der Waals surface area contributed by atoms with Gasteiger partial charge in [-0.25, -0.2) is 8.78 Å². The van der Waals surface area contributed by atoms with Crippen molar-refractivity contribution < 1.29 is 13.5 Å². The zero-order chi connectivity index (χ0) is 9.14. The summed E-state index contributed by atoms with van der Waals surface area (Å²) in [6.07, 6.45) is -1.23. The summed E-state index contributed by atoms with van der Waals surface area (Å²) in [5.41, 5.74) is 0. The van der Waals surface area contributed by atoms with E-state index >= 15 is 0 Å². The van der Waals surface area contributed by atoms with Crippen molar-refractivity contribution in [2.45, 2.75) is 44.6 Å². The molecule has 0 aromatic carbocycles. The van der Waals surface area contributed by atoms with Gasteiger partial charge < -0.3 is 4.74 Å². The lowest BCUT2D eigenvalue weighted by Crippen LogP contribution is -2.40. The van der Waals surface area contributed by atoms with Gasteiger partial charge in [0, 0.05) is 13.5 Å². The van der Waals surface area contributed by atoms with Gasteiger partial charge in [0.1, 0.15) is 12.3 Å². The van der Waals surface area contributed by atoms with Gasteiger partial charge in [-0.1, -0.05) is 13.3 Å². The van der Waals surface area contributed by atoms with E-state index < -0.39 is 12.3 Å². The number of hydrogen-bond acceptors (Lipinski definition) is 1. The summed E-state index contributed by atoms with van der Waals surface area (Å²) in [4.78, 5) is 0. The van der Waals surface area contributed by atoms with Crippen molar-refractivity contribution in [3.8, 4) is 0 Å². The molecule has 0 amide bonds. The molecule has 0 spiro atoms. The topological polar surface area (TPSA) is 9.23 Å². The van der Waals surface area contributed by atoms with Gasteiger partial charge in [-0.15, -0.1) is 0 Å². The summed E-state index contributed by atoms with van der Waals surface area (Å²) in [6.45, 7) is 1.95. The van der Waals surface area contributed by atoms with Gasteiger partial charge in [0.2, 0.25) is 0 Å². The fourth-order valence-electron chi connectivity index (χ4n) is 1.97. The summed E-state index contributed by atoms with van der Waals surface area (Å²) in [7, 11) is 1.50. The molecule has 0 aromatic rings. The Morgan fingerprint density at radius 1 is 1.33 bits per heavy atom. The van der Waals surface area contributed by atoms with Crippen LogP contribution in [0.15, 0.2) is 0 Å². The molecule has 72 valence electrons. The predicted octanol–water partition coefficient (Wildman–Crippen LogP) is 2.50. The zero-order valence-corrected chi connectivity index (χ0v) is 7.59. The molecule has 0 heterocycles. The Bertz CT molecular complexity index is 140. The van der Waals surface area contributed by atoms with Gasteiger partial charge >= 0.3 is 0 Å². The molecule has 1 nitrogen and oxygen atoms in total. The van der Waals surface area contributed by atoms with E-state index in [0.29, 0.717) is 6.42 Å². The minimum atomic E-state index is -1.12. The molecule has 0 aliphatic heterocycles. The standard InChI is InChI=1S/C9H16F2O/c1-3-6-4-7(10)5-8(11)9(6)12-2/h6-9H,3-5H2,1-2H3. The molecule has 0 bridgehead atoms. The molecule has 0 radical (unpaired) electrons. The van der Waals surface area contributed by atoms with Crippen LogP contribution in [0.1, 0.15) is 26.2 Å². The minimum absolute atomic E-state index is 0.00894. The van der Waals surface area contributed by atoms with Crippen molar-refractivity contribution >= 4 is 0 Å². The first-order valence-electron chi connectivity index (χ1n) is 4.50. The quantitative estimate of drug-likeness (QED) is 0.631. The number of alkyl halides is 2. The van der Waals surface area contributed by atoms with E-state index in [-0.39, 0.29) is 18.4 Å². The predicted molar refractivity (Wildman–Crippen MR) is 43.6 cm³/mol. The number of hydrogen-bond donors (Lipinski definition) is 0. The molecule has 12 heavy (non-hydrogen) atoms. The number of halogens is 2. The van der Waals surface area contributed by atoms with E-state index in [0.717, 1.165) is 6.42 Å². The van der Waals surface area contributed by atoms with Crippen LogP contribution in [0.5, 0.6) is 0 Å². The van der Waals surface area contributed by atoms with Gasteiger partial charge in [0.15, 0.2) is 0 Å². The van der Waals surface area contributed by atoms with Crippen LogP contribution in [-0.4, -0.2) is 25.6 Å². The Hall–Kier alpha value is -0.180. The lowest BCUT2D eigenvalue weighted by molar-refractivity contribution is -0.0555. The van der Waals surface area contributed by atoms with Crippen molar-refractivity contribution in [1.82, 2.24) is 0 Å². The highest BCUT2D eigenvalue weighted by Crippen LogP contribution is 2.32. The average molecular weight is 178 g/mol. The van der Waals surface area contributed by atoms with Crippen LogP contribution >= 0.6 is 0 Å². The molecule has 1 rings (SSSR count). The molecule has 0 saturated heterocycles. The van der Waals surface area contributed by atoms with E-state index in [1.807, 2.05) is 6.92 Å². The molecule has 4 atom stereocenters. The maximum Gasteiger partial charge on any atom is 0.129 e. The second-order valence-corrected chi connectivity index (χ2v) is 3.45. The third-order valence-electron chi connectivity index (χ3n) is 2.66. The Kier molecular flexibility index (Phi) is 3.44. The molecule has 1 saturated carbocycles. The molecule has 0 aromatic heterocycles. The van der Waals surface area contributed by atoms with Gasteiger partial charge in [0.25, 0.3) is 0 Å². The van der Waals surface area contributed by atoms with Crippen LogP contribution in [-0.2, 0) is 4.74 Å². The largest absolute Gasteiger partial charge is 0.378 e. The van der Waals surface area contributed by atoms with Crippen molar-refractivity contribution in [2.75, 3.05) is 7.11 Å². The first-order valence-corrected chi connectivity index (χ1v) is 4.50. The first-order chi connectivity index (χ1) is 5.69. The highest BCUT2D eigenvalue weighted by molar-refractivity contribution is 4.86. The maximum absolute atomic E-state index is 13.2. The number of methoxy groups -OCH3 is 1. The van der Waals surface area contributed by atoms with Crippen LogP contribution in [0, 0.1) is 5.92 Å². The Morgan fingerprint density at radius 3 is 2.50 bits per heavy atom. The number of rotatable bonds is 2. The van der Waals surface area contributed by atoms with E-state index in [4.69, 9.17) is 4.74 Å². The molecule has 1 aliphatic rings. The molecule has 4 unspecified atom stereocenters. The lowest BCUT2D eigenvalue weighted by atomic mass is 9.82. The SMILES string of the molecule is CCC1CC(F)CC(F)C1OC. The van der Waals surface area contributed by atoms with Crippen molar-refractivity contribution in [3.63, 3.8) is 0 Å². The minimum Gasteiger partial charge on any atom is -0.378 e. The van der Waals surface area contributed by atoms with Crippen molar-refractivity contribution in [3.05, 3.63) is 0 Å². The Morgan fingerprint density at radius 2 is 2.00 bits per heavy atom. The molecule has 0 N–H and O–H groups in total. The zero-order valence-electron chi connectivity index (χ0n) is 7.59. The normalized spacial score (nSPS) is 43.0. The lowest BCUT2D eigenvalue weighted by Gasteiger charge is -2.34. The number of ether oxygens (including phenoxy) is 1. The third kappa shape index (κ3) is 1.94. The highest BCUT2D eigenvalue weighted by Gasteiger charge is 2.37. The van der Waals surface area contributed by atoms with Crippen LogP contribution < -0.4 is 0 Å². The Balaban J connectivity index is 2.56. The highest BCUT2D eigenvalue weighted by atomic mass is 19.1. The van der Waals surface area contributed by atoms with Crippen LogP contribution in [0.2, 0.25) is 0 Å². The molecule has 1 aliphatic carbocycles. The van der Waals surface area contributed by atoms with Crippen molar-refractivity contribution in [2.24, 2.45) is 5.92 Å². The third-order valence-corrected chi connectivity index (χ3v) is 2.66. The summed E-state index contributed by atoms with van der Waals surface area (Å²) in [5.74, 6) is 0.0498. The smallest absolute Gasteiger partial charge is 0.129 e. The Labute approximate surface area is 72.1 Å². The monoisotopic (exact) mass is 178 g/mol. The second kappa shape index (κ2) is 4.17. The van der Waals surface area contributed by atoms with Gasteiger partial charge in [-0.2, -0.15) is 0 Å². The maximum atomic E-state index is 13.2. The van der Waals surface area contributed by atoms with E-state index in [1.54, 1.807) is 0 Å².